The van der Waals surface area contributed by atoms with Gasteiger partial charge in [0.05, 0.1) is 33.2 Å². The van der Waals surface area contributed by atoms with Crippen LogP contribution in [0.15, 0.2) is 23.3 Å². The van der Waals surface area contributed by atoms with Crippen LogP contribution >= 0.6 is 0 Å². The zero-order valence-corrected chi connectivity index (χ0v) is 16.2. The highest BCUT2D eigenvalue weighted by Crippen LogP contribution is 2.33. The van der Waals surface area contributed by atoms with Gasteiger partial charge in [-0.05, 0) is 32.9 Å². The molecule has 0 spiro atoms. The van der Waals surface area contributed by atoms with Crippen molar-refractivity contribution in [3.63, 3.8) is 0 Å². The summed E-state index contributed by atoms with van der Waals surface area (Å²) in [7, 11) is 4.74. The lowest BCUT2D eigenvalue weighted by Crippen LogP contribution is -2.08. The van der Waals surface area contributed by atoms with Gasteiger partial charge in [0.25, 0.3) is 5.95 Å². The molecule has 9 nitrogen and oxygen atoms in total. The minimum atomic E-state index is 0.508. The van der Waals surface area contributed by atoms with Crippen LogP contribution in [-0.4, -0.2) is 52.2 Å². The Bertz CT molecular complexity index is 989. The first-order valence-corrected chi connectivity index (χ1v) is 8.28. The van der Waals surface area contributed by atoms with E-state index in [1.165, 1.54) is 0 Å². The molecule has 2 aromatic heterocycles. The normalized spacial score (nSPS) is 11.2. The Labute approximate surface area is 157 Å². The fraction of sp³-hybridized carbons (Fsp3) is 0.333. The SMILES string of the molecule is COc1cc(OC)c(OC)cc1/C=N\n1c(C)nnc1-n1nc(C)cc1C. The molecule has 0 saturated heterocycles. The molecule has 0 fully saturated rings. The van der Waals surface area contributed by atoms with Gasteiger partial charge in [0.2, 0.25) is 0 Å². The van der Waals surface area contributed by atoms with Crippen molar-refractivity contribution >= 4 is 6.21 Å². The molecule has 2 heterocycles. The number of hydrogen-bond acceptors (Lipinski definition) is 7. The van der Waals surface area contributed by atoms with E-state index >= 15 is 0 Å². The molecule has 0 saturated carbocycles. The van der Waals surface area contributed by atoms with Crippen LogP contribution in [0, 0.1) is 20.8 Å². The molecule has 1 aromatic carbocycles. The van der Waals surface area contributed by atoms with Gasteiger partial charge in [-0.25, -0.2) is 4.68 Å². The van der Waals surface area contributed by atoms with Crippen molar-refractivity contribution in [1.82, 2.24) is 24.7 Å². The largest absolute Gasteiger partial charge is 0.496 e. The van der Waals surface area contributed by atoms with Gasteiger partial charge in [-0.3, -0.25) is 0 Å². The summed E-state index contributed by atoms with van der Waals surface area (Å²) in [5.74, 6) is 2.91. The Balaban J connectivity index is 2.05. The van der Waals surface area contributed by atoms with E-state index in [1.807, 2.05) is 26.8 Å². The first-order chi connectivity index (χ1) is 13.0. The molecule has 0 aliphatic heterocycles. The average Bonchev–Trinajstić information content (AvgIpc) is 3.19. The lowest BCUT2D eigenvalue weighted by molar-refractivity contribution is 0.349. The van der Waals surface area contributed by atoms with E-state index < -0.39 is 0 Å². The number of benzene rings is 1. The second-order valence-corrected chi connectivity index (χ2v) is 5.89. The molecule has 0 atom stereocenters. The van der Waals surface area contributed by atoms with Crippen LogP contribution in [0.3, 0.4) is 0 Å². The van der Waals surface area contributed by atoms with Crippen molar-refractivity contribution in [2.45, 2.75) is 20.8 Å². The van der Waals surface area contributed by atoms with Gasteiger partial charge in [0, 0.05) is 17.3 Å². The predicted molar refractivity (Wildman–Crippen MR) is 100 cm³/mol. The Morgan fingerprint density at radius 3 is 2.15 bits per heavy atom. The molecular formula is C18H22N6O3. The fourth-order valence-electron chi connectivity index (χ4n) is 2.72. The molecule has 27 heavy (non-hydrogen) atoms. The van der Waals surface area contributed by atoms with Crippen molar-refractivity contribution in [2.24, 2.45) is 5.10 Å². The van der Waals surface area contributed by atoms with Crippen molar-refractivity contribution in [3.8, 4) is 23.2 Å². The van der Waals surface area contributed by atoms with Gasteiger partial charge in [-0.2, -0.15) is 14.9 Å². The van der Waals surface area contributed by atoms with Gasteiger partial charge in [-0.15, -0.1) is 10.2 Å². The average molecular weight is 370 g/mol. The number of aromatic nitrogens is 5. The number of aryl methyl sites for hydroxylation is 3. The molecule has 142 valence electrons. The quantitative estimate of drug-likeness (QED) is 0.619. The molecule has 3 rings (SSSR count). The predicted octanol–water partition coefficient (Wildman–Crippen LogP) is 2.30. The maximum Gasteiger partial charge on any atom is 0.273 e. The Morgan fingerprint density at radius 2 is 1.56 bits per heavy atom. The Kier molecular flexibility index (Phi) is 5.11. The van der Waals surface area contributed by atoms with Crippen LogP contribution in [0.1, 0.15) is 22.8 Å². The van der Waals surface area contributed by atoms with Crippen LogP contribution in [0.5, 0.6) is 17.2 Å². The molecule has 0 aliphatic rings. The maximum absolute atomic E-state index is 5.44. The summed E-state index contributed by atoms with van der Waals surface area (Å²) in [5, 5.41) is 17.3. The van der Waals surface area contributed by atoms with E-state index in [0.717, 1.165) is 17.0 Å². The Morgan fingerprint density at radius 1 is 0.889 bits per heavy atom. The molecule has 0 radical (unpaired) electrons. The summed E-state index contributed by atoms with van der Waals surface area (Å²) in [6.45, 7) is 5.70. The third-order valence-corrected chi connectivity index (χ3v) is 4.03. The zero-order valence-electron chi connectivity index (χ0n) is 16.2. The third-order valence-electron chi connectivity index (χ3n) is 4.03. The molecular weight excluding hydrogens is 348 g/mol. The minimum Gasteiger partial charge on any atom is -0.496 e. The van der Waals surface area contributed by atoms with Crippen molar-refractivity contribution in [1.29, 1.82) is 0 Å². The van der Waals surface area contributed by atoms with E-state index in [9.17, 15) is 0 Å². The number of nitrogens with zero attached hydrogens (tertiary/aromatic N) is 6. The Hall–Kier alpha value is -3.36. The molecule has 0 amide bonds. The first kappa shape index (κ1) is 18.4. The number of methoxy groups -OCH3 is 3. The van der Waals surface area contributed by atoms with Crippen LogP contribution < -0.4 is 14.2 Å². The lowest BCUT2D eigenvalue weighted by Gasteiger charge is -2.12. The van der Waals surface area contributed by atoms with Gasteiger partial charge in [0.1, 0.15) is 5.75 Å². The van der Waals surface area contributed by atoms with Gasteiger partial charge < -0.3 is 14.2 Å². The zero-order chi connectivity index (χ0) is 19.6. The fourth-order valence-corrected chi connectivity index (χ4v) is 2.72. The smallest absolute Gasteiger partial charge is 0.273 e. The van der Waals surface area contributed by atoms with Crippen LogP contribution in [0.25, 0.3) is 5.95 Å². The third kappa shape index (κ3) is 3.48. The highest BCUT2D eigenvalue weighted by Gasteiger charge is 2.15. The molecule has 0 N–H and O–H groups in total. The lowest BCUT2D eigenvalue weighted by atomic mass is 10.2. The van der Waals surface area contributed by atoms with E-state index in [-0.39, 0.29) is 0 Å². The molecule has 9 heteroatoms. The van der Waals surface area contributed by atoms with Crippen molar-refractivity contribution in [2.75, 3.05) is 21.3 Å². The van der Waals surface area contributed by atoms with E-state index in [4.69, 9.17) is 14.2 Å². The van der Waals surface area contributed by atoms with Crippen molar-refractivity contribution in [3.05, 3.63) is 41.0 Å². The molecule has 0 bridgehead atoms. The summed E-state index contributed by atoms with van der Waals surface area (Å²) in [5.41, 5.74) is 2.56. The van der Waals surface area contributed by atoms with Crippen LogP contribution in [-0.2, 0) is 0 Å². The first-order valence-electron chi connectivity index (χ1n) is 8.28. The molecule has 3 aromatic rings. The van der Waals surface area contributed by atoms with E-state index in [2.05, 4.69) is 20.4 Å². The number of hydrogen-bond donors (Lipinski definition) is 0. The van der Waals surface area contributed by atoms with Crippen molar-refractivity contribution < 1.29 is 14.2 Å². The standard InChI is InChI=1S/C18H22N6O3/c1-11-7-12(2)23(22-11)18-21-20-13(3)24(18)19-10-14-8-16(26-5)17(27-6)9-15(14)25-4/h7-10H,1-6H3/b19-10-. The summed E-state index contributed by atoms with van der Waals surface area (Å²) in [4.78, 5) is 0. The summed E-state index contributed by atoms with van der Waals surface area (Å²) in [6, 6.07) is 5.51. The minimum absolute atomic E-state index is 0.508. The van der Waals surface area contributed by atoms with Gasteiger partial charge >= 0.3 is 0 Å². The second kappa shape index (κ2) is 7.48. The van der Waals surface area contributed by atoms with Gasteiger partial charge in [0.15, 0.2) is 17.3 Å². The topological polar surface area (TPSA) is 88.6 Å². The monoisotopic (exact) mass is 370 g/mol. The summed E-state index contributed by atoms with van der Waals surface area (Å²) in [6.07, 6.45) is 1.66. The van der Waals surface area contributed by atoms with E-state index in [0.29, 0.717) is 29.0 Å². The molecule has 0 unspecified atom stereocenters. The van der Waals surface area contributed by atoms with Gasteiger partial charge in [-0.1, -0.05) is 0 Å². The molecule has 0 aliphatic carbocycles. The van der Waals surface area contributed by atoms with E-state index in [1.54, 1.807) is 49.0 Å². The highest BCUT2D eigenvalue weighted by atomic mass is 16.5. The number of ether oxygens (including phenoxy) is 3. The van der Waals surface area contributed by atoms with Crippen LogP contribution in [0.2, 0.25) is 0 Å². The highest BCUT2D eigenvalue weighted by molar-refractivity contribution is 5.85. The maximum atomic E-state index is 5.44. The summed E-state index contributed by atoms with van der Waals surface area (Å²) < 4.78 is 19.4. The second-order valence-electron chi connectivity index (χ2n) is 5.89. The summed E-state index contributed by atoms with van der Waals surface area (Å²) >= 11 is 0. The van der Waals surface area contributed by atoms with Crippen LogP contribution in [0.4, 0.5) is 0 Å². The number of rotatable bonds is 6.